The van der Waals surface area contributed by atoms with E-state index in [0.717, 1.165) is 17.0 Å². The Balaban J connectivity index is 1.41. The molecule has 32 heavy (non-hydrogen) atoms. The molecular weight excluding hydrogens is 449 g/mol. The van der Waals surface area contributed by atoms with Gasteiger partial charge in [0.1, 0.15) is 18.1 Å². The SMILES string of the molecule is Cc1nn(Cc2ccc(Cl)cc2)c(C)c1NC(=O)c1ccc(COc2cccc(Cl)c2)o1. The monoisotopic (exact) mass is 469 g/mol. The quantitative estimate of drug-likeness (QED) is 0.345. The Kier molecular flexibility index (Phi) is 6.53. The molecule has 0 spiro atoms. The van der Waals surface area contributed by atoms with Crippen LogP contribution in [-0.2, 0) is 13.2 Å². The first kappa shape index (κ1) is 22.0. The molecule has 0 bridgehead atoms. The van der Waals surface area contributed by atoms with Crippen molar-refractivity contribution in [2.24, 2.45) is 0 Å². The van der Waals surface area contributed by atoms with Crippen molar-refractivity contribution in [3.63, 3.8) is 0 Å². The second-order valence-corrected chi connectivity index (χ2v) is 8.17. The number of halogens is 2. The van der Waals surface area contributed by atoms with Gasteiger partial charge in [0.25, 0.3) is 5.91 Å². The molecule has 0 aliphatic heterocycles. The van der Waals surface area contributed by atoms with E-state index in [1.807, 2.05) is 42.8 Å². The molecular formula is C24H21Cl2N3O3. The summed E-state index contributed by atoms with van der Waals surface area (Å²) in [6.07, 6.45) is 0. The second kappa shape index (κ2) is 9.51. The first-order chi connectivity index (χ1) is 15.4. The summed E-state index contributed by atoms with van der Waals surface area (Å²) in [5.74, 6) is 0.997. The molecule has 0 aliphatic rings. The molecule has 1 N–H and O–H groups in total. The van der Waals surface area contributed by atoms with Gasteiger partial charge in [0.15, 0.2) is 5.76 Å². The minimum Gasteiger partial charge on any atom is -0.486 e. The average molecular weight is 470 g/mol. The summed E-state index contributed by atoms with van der Waals surface area (Å²) in [5, 5.41) is 8.74. The van der Waals surface area contributed by atoms with Crippen LogP contribution < -0.4 is 10.1 Å². The number of nitrogens with zero attached hydrogens (tertiary/aromatic N) is 2. The number of nitrogens with one attached hydrogen (secondary N) is 1. The van der Waals surface area contributed by atoms with E-state index in [9.17, 15) is 4.79 Å². The van der Waals surface area contributed by atoms with E-state index in [2.05, 4.69) is 10.4 Å². The molecule has 0 atom stereocenters. The number of aromatic nitrogens is 2. The van der Waals surface area contributed by atoms with E-state index in [0.29, 0.717) is 33.8 Å². The molecule has 0 aliphatic carbocycles. The highest BCUT2D eigenvalue weighted by atomic mass is 35.5. The fourth-order valence-corrected chi connectivity index (χ4v) is 3.56. The van der Waals surface area contributed by atoms with Crippen molar-refractivity contribution >= 4 is 34.8 Å². The van der Waals surface area contributed by atoms with Crippen LogP contribution in [0.4, 0.5) is 5.69 Å². The van der Waals surface area contributed by atoms with Crippen LogP contribution in [0.1, 0.15) is 33.3 Å². The van der Waals surface area contributed by atoms with Crippen molar-refractivity contribution in [1.82, 2.24) is 9.78 Å². The Morgan fingerprint density at radius 2 is 1.84 bits per heavy atom. The number of carbonyl (C=O) groups is 1. The van der Waals surface area contributed by atoms with Crippen molar-refractivity contribution in [1.29, 1.82) is 0 Å². The molecule has 4 aromatic rings. The van der Waals surface area contributed by atoms with E-state index >= 15 is 0 Å². The van der Waals surface area contributed by atoms with Crippen molar-refractivity contribution in [2.75, 3.05) is 5.32 Å². The number of ether oxygens (including phenoxy) is 1. The third-order valence-electron chi connectivity index (χ3n) is 4.93. The Labute approximate surface area is 195 Å². The largest absolute Gasteiger partial charge is 0.486 e. The molecule has 4 rings (SSSR count). The van der Waals surface area contributed by atoms with E-state index < -0.39 is 0 Å². The van der Waals surface area contributed by atoms with Crippen molar-refractivity contribution < 1.29 is 13.9 Å². The summed E-state index contributed by atoms with van der Waals surface area (Å²) in [4.78, 5) is 12.7. The molecule has 2 aromatic carbocycles. The van der Waals surface area contributed by atoms with E-state index in [-0.39, 0.29) is 18.3 Å². The minimum absolute atomic E-state index is 0.185. The molecule has 0 unspecified atom stereocenters. The van der Waals surface area contributed by atoms with E-state index in [1.54, 1.807) is 36.4 Å². The van der Waals surface area contributed by atoms with Crippen LogP contribution in [0.15, 0.2) is 65.1 Å². The minimum atomic E-state index is -0.351. The number of hydrogen-bond acceptors (Lipinski definition) is 4. The van der Waals surface area contributed by atoms with E-state index in [4.69, 9.17) is 32.4 Å². The van der Waals surface area contributed by atoms with Gasteiger partial charge in [-0.25, -0.2) is 0 Å². The van der Waals surface area contributed by atoms with Gasteiger partial charge in [0.05, 0.1) is 23.6 Å². The maximum Gasteiger partial charge on any atom is 0.291 e. The number of carbonyl (C=O) groups excluding carboxylic acids is 1. The van der Waals surface area contributed by atoms with Gasteiger partial charge >= 0.3 is 0 Å². The molecule has 0 radical (unpaired) electrons. The highest BCUT2D eigenvalue weighted by Gasteiger charge is 2.18. The van der Waals surface area contributed by atoms with Gasteiger partial charge in [-0.15, -0.1) is 0 Å². The standard InChI is InChI=1S/C24H21Cl2N3O3/c1-15-23(16(2)29(28-15)13-17-6-8-18(25)9-7-17)27-24(30)22-11-10-21(32-22)14-31-20-5-3-4-19(26)12-20/h3-12H,13-14H2,1-2H3,(H,27,30). The van der Waals surface area contributed by atoms with Crippen LogP contribution in [0, 0.1) is 13.8 Å². The number of amides is 1. The van der Waals surface area contributed by atoms with E-state index in [1.165, 1.54) is 0 Å². The lowest BCUT2D eigenvalue weighted by Gasteiger charge is -2.07. The lowest BCUT2D eigenvalue weighted by atomic mass is 10.2. The second-order valence-electron chi connectivity index (χ2n) is 7.30. The molecule has 2 aromatic heterocycles. The predicted octanol–water partition coefficient (Wildman–Crippen LogP) is 6.28. The number of rotatable bonds is 7. The van der Waals surface area contributed by atoms with Crippen LogP contribution in [-0.4, -0.2) is 15.7 Å². The smallest absolute Gasteiger partial charge is 0.291 e. The fraction of sp³-hybridized carbons (Fsp3) is 0.167. The Bertz CT molecular complexity index is 1250. The number of aryl methyl sites for hydroxylation is 1. The van der Waals surface area contributed by atoms with Crippen LogP contribution in [0.25, 0.3) is 0 Å². The van der Waals surface area contributed by atoms with Crippen LogP contribution in [0.2, 0.25) is 10.0 Å². The van der Waals surface area contributed by atoms with Gasteiger partial charge in [0, 0.05) is 10.0 Å². The molecule has 8 heteroatoms. The zero-order chi connectivity index (χ0) is 22.7. The maximum absolute atomic E-state index is 12.7. The Hall–Kier alpha value is -3.22. The van der Waals surface area contributed by atoms with Gasteiger partial charge in [-0.1, -0.05) is 41.4 Å². The summed E-state index contributed by atoms with van der Waals surface area (Å²) in [5.41, 5.74) is 3.30. The summed E-state index contributed by atoms with van der Waals surface area (Å²) in [7, 11) is 0. The third-order valence-corrected chi connectivity index (χ3v) is 5.42. The zero-order valence-corrected chi connectivity index (χ0v) is 19.1. The molecule has 0 fully saturated rings. The number of hydrogen-bond donors (Lipinski definition) is 1. The zero-order valence-electron chi connectivity index (χ0n) is 17.6. The van der Waals surface area contributed by atoms with Crippen molar-refractivity contribution in [3.8, 4) is 5.75 Å². The maximum atomic E-state index is 12.7. The first-order valence-corrected chi connectivity index (χ1v) is 10.7. The molecule has 6 nitrogen and oxygen atoms in total. The van der Waals surface area contributed by atoms with Crippen molar-refractivity contribution in [3.05, 3.63) is 99.2 Å². The first-order valence-electron chi connectivity index (χ1n) is 9.96. The Morgan fingerprint density at radius 1 is 1.06 bits per heavy atom. The van der Waals surface area contributed by atoms with Gasteiger partial charge in [-0.3, -0.25) is 9.48 Å². The average Bonchev–Trinajstić information content (AvgIpc) is 3.35. The van der Waals surface area contributed by atoms with Gasteiger partial charge < -0.3 is 14.5 Å². The molecule has 1 amide bonds. The van der Waals surface area contributed by atoms with Gasteiger partial charge in [0.2, 0.25) is 0 Å². The topological polar surface area (TPSA) is 69.3 Å². The number of furan rings is 1. The third kappa shape index (κ3) is 5.15. The predicted molar refractivity (Wildman–Crippen MR) is 125 cm³/mol. The molecule has 2 heterocycles. The number of benzene rings is 2. The van der Waals surface area contributed by atoms with Gasteiger partial charge in [-0.2, -0.15) is 5.10 Å². The highest BCUT2D eigenvalue weighted by Crippen LogP contribution is 2.23. The Morgan fingerprint density at radius 3 is 2.59 bits per heavy atom. The van der Waals surface area contributed by atoms with Crippen LogP contribution >= 0.6 is 23.2 Å². The summed E-state index contributed by atoms with van der Waals surface area (Å²) < 4.78 is 13.2. The normalized spacial score (nSPS) is 10.9. The lowest BCUT2D eigenvalue weighted by Crippen LogP contribution is -2.12. The summed E-state index contributed by atoms with van der Waals surface area (Å²) in [6.45, 7) is 4.53. The summed E-state index contributed by atoms with van der Waals surface area (Å²) >= 11 is 11.9. The lowest BCUT2D eigenvalue weighted by molar-refractivity contribution is 0.0992. The summed E-state index contributed by atoms with van der Waals surface area (Å²) in [6, 6.07) is 18.0. The molecule has 0 saturated carbocycles. The fourth-order valence-electron chi connectivity index (χ4n) is 3.26. The molecule has 0 saturated heterocycles. The van der Waals surface area contributed by atoms with Crippen LogP contribution in [0.5, 0.6) is 5.75 Å². The number of anilines is 1. The highest BCUT2D eigenvalue weighted by molar-refractivity contribution is 6.30. The molecule has 164 valence electrons. The van der Waals surface area contributed by atoms with Crippen molar-refractivity contribution in [2.45, 2.75) is 27.0 Å². The van der Waals surface area contributed by atoms with Crippen LogP contribution in [0.3, 0.4) is 0 Å². The van der Waals surface area contributed by atoms with Gasteiger partial charge in [-0.05, 0) is 61.9 Å².